The molecule has 19 heavy (non-hydrogen) atoms. The molecule has 2 heterocycles. The van der Waals surface area contributed by atoms with Gasteiger partial charge in [0.05, 0.1) is 11.4 Å². The van der Waals surface area contributed by atoms with Crippen molar-refractivity contribution < 1.29 is 0 Å². The van der Waals surface area contributed by atoms with E-state index in [-0.39, 0.29) is 0 Å². The van der Waals surface area contributed by atoms with Crippen molar-refractivity contribution in [2.75, 3.05) is 11.1 Å². The maximum atomic E-state index is 5.92. The summed E-state index contributed by atoms with van der Waals surface area (Å²) in [5.41, 5.74) is 8.88. The summed E-state index contributed by atoms with van der Waals surface area (Å²) >= 11 is 0. The van der Waals surface area contributed by atoms with Crippen LogP contribution in [0.25, 0.3) is 0 Å². The van der Waals surface area contributed by atoms with Crippen LogP contribution >= 0.6 is 0 Å². The largest absolute Gasteiger partial charge is 0.383 e. The molecule has 2 rings (SSSR count). The lowest BCUT2D eigenvalue weighted by atomic mass is 10.1. The summed E-state index contributed by atoms with van der Waals surface area (Å²) in [6.45, 7) is 4.19. The number of anilines is 3. The van der Waals surface area contributed by atoms with Crippen LogP contribution in [-0.4, -0.2) is 19.7 Å². The molecule has 3 N–H and O–H groups in total. The number of hydrogen-bond acceptors (Lipinski definition) is 5. The zero-order valence-electron chi connectivity index (χ0n) is 11.6. The first-order valence-corrected chi connectivity index (χ1v) is 6.54. The fraction of sp³-hybridized carbons (Fsp3) is 0.462. The molecule has 6 nitrogen and oxygen atoms in total. The summed E-state index contributed by atoms with van der Waals surface area (Å²) in [6, 6.07) is 0. The maximum absolute atomic E-state index is 5.92. The Kier molecular flexibility index (Phi) is 3.99. The Balaban J connectivity index is 2.34. The minimum atomic E-state index is 0.543. The average Bonchev–Trinajstić information content (AvgIpc) is 2.74. The predicted molar refractivity (Wildman–Crippen MR) is 76.3 cm³/mol. The number of rotatable bonds is 5. The Morgan fingerprint density at radius 1 is 1.32 bits per heavy atom. The molecule has 2 aromatic heterocycles. The van der Waals surface area contributed by atoms with E-state index in [9.17, 15) is 0 Å². The van der Waals surface area contributed by atoms with Crippen LogP contribution in [-0.2, 0) is 19.9 Å². The van der Waals surface area contributed by atoms with Gasteiger partial charge in [0.25, 0.3) is 0 Å². The smallest absolute Gasteiger partial charge is 0.139 e. The third kappa shape index (κ3) is 2.83. The van der Waals surface area contributed by atoms with E-state index >= 15 is 0 Å². The molecular weight excluding hydrogens is 240 g/mol. The van der Waals surface area contributed by atoms with Gasteiger partial charge in [-0.3, -0.25) is 4.68 Å². The van der Waals surface area contributed by atoms with Crippen molar-refractivity contribution in [3.05, 3.63) is 23.8 Å². The van der Waals surface area contributed by atoms with Gasteiger partial charge in [-0.05, 0) is 12.8 Å². The van der Waals surface area contributed by atoms with E-state index < -0.39 is 0 Å². The molecule has 0 fully saturated rings. The van der Waals surface area contributed by atoms with Crippen LogP contribution < -0.4 is 11.1 Å². The number of nitrogens with one attached hydrogen (secondary N) is 1. The van der Waals surface area contributed by atoms with E-state index in [4.69, 9.17) is 5.73 Å². The molecule has 0 spiro atoms. The van der Waals surface area contributed by atoms with Crippen molar-refractivity contribution in [1.82, 2.24) is 19.7 Å². The molecule has 2 aromatic rings. The van der Waals surface area contributed by atoms with Gasteiger partial charge in [0.1, 0.15) is 18.0 Å². The molecule has 102 valence electrons. The molecule has 0 radical (unpaired) electrons. The van der Waals surface area contributed by atoms with E-state index in [0.717, 1.165) is 42.0 Å². The van der Waals surface area contributed by atoms with Crippen molar-refractivity contribution in [2.45, 2.75) is 33.1 Å². The van der Waals surface area contributed by atoms with Gasteiger partial charge in [0.15, 0.2) is 0 Å². The molecule has 0 bridgehead atoms. The highest BCUT2D eigenvalue weighted by molar-refractivity contribution is 5.64. The molecule has 0 aliphatic heterocycles. The Morgan fingerprint density at radius 2 is 2.11 bits per heavy atom. The third-order valence-electron chi connectivity index (χ3n) is 2.97. The van der Waals surface area contributed by atoms with Crippen molar-refractivity contribution in [2.24, 2.45) is 7.05 Å². The third-order valence-corrected chi connectivity index (χ3v) is 2.97. The quantitative estimate of drug-likeness (QED) is 0.859. The zero-order chi connectivity index (χ0) is 13.8. The number of hydrogen-bond donors (Lipinski definition) is 2. The lowest BCUT2D eigenvalue weighted by molar-refractivity contribution is 0.746. The lowest BCUT2D eigenvalue weighted by Crippen LogP contribution is -2.05. The molecule has 0 aliphatic carbocycles. The van der Waals surface area contributed by atoms with Crippen LogP contribution in [0.3, 0.4) is 0 Å². The standard InChI is InChI=1S/C13H20N6/c1-4-6-9-12(14)15-8-16-13(9)17-11-7-19(3)18-10(11)5-2/h7-8H,4-6H2,1-3H3,(H3,14,15,16,17). The second kappa shape index (κ2) is 5.69. The molecule has 0 aliphatic rings. The molecule has 0 atom stereocenters. The number of nitrogens with zero attached hydrogens (tertiary/aromatic N) is 4. The normalized spacial score (nSPS) is 10.7. The summed E-state index contributed by atoms with van der Waals surface area (Å²) in [7, 11) is 1.91. The molecule has 0 aromatic carbocycles. The first kappa shape index (κ1) is 13.3. The number of aromatic nitrogens is 4. The fourth-order valence-electron chi connectivity index (χ4n) is 2.06. The molecular formula is C13H20N6. The van der Waals surface area contributed by atoms with Crippen LogP contribution in [0, 0.1) is 0 Å². The summed E-state index contributed by atoms with van der Waals surface area (Å²) in [5, 5.41) is 7.73. The molecule has 6 heteroatoms. The predicted octanol–water partition coefficient (Wildman–Crippen LogP) is 2.05. The first-order valence-electron chi connectivity index (χ1n) is 6.54. The highest BCUT2D eigenvalue weighted by Crippen LogP contribution is 2.24. The van der Waals surface area contributed by atoms with Gasteiger partial charge in [-0.15, -0.1) is 0 Å². The minimum absolute atomic E-state index is 0.543. The second-order valence-corrected chi connectivity index (χ2v) is 4.48. The Hall–Kier alpha value is -2.11. The van der Waals surface area contributed by atoms with E-state index in [1.165, 1.54) is 6.33 Å². The van der Waals surface area contributed by atoms with Gasteiger partial charge in [-0.25, -0.2) is 9.97 Å². The van der Waals surface area contributed by atoms with Gasteiger partial charge in [0.2, 0.25) is 0 Å². The van der Waals surface area contributed by atoms with Crippen molar-refractivity contribution in [3.63, 3.8) is 0 Å². The van der Waals surface area contributed by atoms with Gasteiger partial charge in [0, 0.05) is 18.8 Å². The number of aryl methyl sites for hydroxylation is 2. The fourth-order valence-corrected chi connectivity index (χ4v) is 2.06. The maximum Gasteiger partial charge on any atom is 0.139 e. The SMILES string of the molecule is CCCc1c(N)ncnc1Nc1cn(C)nc1CC. The highest BCUT2D eigenvalue weighted by Gasteiger charge is 2.12. The number of nitrogen functional groups attached to an aromatic ring is 1. The van der Waals surface area contributed by atoms with E-state index in [2.05, 4.69) is 34.2 Å². The van der Waals surface area contributed by atoms with Crippen molar-refractivity contribution in [1.29, 1.82) is 0 Å². The summed E-state index contributed by atoms with van der Waals surface area (Å²) < 4.78 is 1.80. The minimum Gasteiger partial charge on any atom is -0.383 e. The van der Waals surface area contributed by atoms with Gasteiger partial charge in [-0.1, -0.05) is 20.3 Å². The summed E-state index contributed by atoms with van der Waals surface area (Å²) in [4.78, 5) is 8.35. The Morgan fingerprint density at radius 3 is 2.79 bits per heavy atom. The zero-order valence-corrected chi connectivity index (χ0v) is 11.6. The summed E-state index contributed by atoms with van der Waals surface area (Å²) in [6.07, 6.45) is 6.16. The highest BCUT2D eigenvalue weighted by atomic mass is 15.3. The molecule has 0 unspecified atom stereocenters. The lowest BCUT2D eigenvalue weighted by Gasteiger charge is -2.11. The molecule has 0 amide bonds. The van der Waals surface area contributed by atoms with Crippen LogP contribution in [0.15, 0.2) is 12.5 Å². The van der Waals surface area contributed by atoms with Gasteiger partial charge >= 0.3 is 0 Å². The van der Waals surface area contributed by atoms with Gasteiger partial charge < -0.3 is 11.1 Å². The monoisotopic (exact) mass is 260 g/mol. The van der Waals surface area contributed by atoms with Crippen LogP contribution in [0.2, 0.25) is 0 Å². The Bertz CT molecular complexity index is 560. The van der Waals surface area contributed by atoms with E-state index in [1.807, 2.05) is 13.2 Å². The molecule has 0 saturated carbocycles. The van der Waals surface area contributed by atoms with E-state index in [1.54, 1.807) is 4.68 Å². The van der Waals surface area contributed by atoms with Crippen LogP contribution in [0.5, 0.6) is 0 Å². The van der Waals surface area contributed by atoms with Crippen LogP contribution in [0.4, 0.5) is 17.3 Å². The first-order chi connectivity index (χ1) is 9.15. The topological polar surface area (TPSA) is 81.6 Å². The Labute approximate surface area is 113 Å². The van der Waals surface area contributed by atoms with Crippen molar-refractivity contribution >= 4 is 17.3 Å². The summed E-state index contributed by atoms with van der Waals surface area (Å²) in [5.74, 6) is 1.32. The average molecular weight is 260 g/mol. The van der Waals surface area contributed by atoms with Gasteiger partial charge in [-0.2, -0.15) is 5.10 Å². The number of nitrogens with two attached hydrogens (primary N) is 1. The molecule has 0 saturated heterocycles. The van der Waals surface area contributed by atoms with Crippen molar-refractivity contribution in [3.8, 4) is 0 Å². The van der Waals surface area contributed by atoms with Crippen LogP contribution in [0.1, 0.15) is 31.5 Å². The second-order valence-electron chi connectivity index (χ2n) is 4.48. The van der Waals surface area contributed by atoms with E-state index in [0.29, 0.717) is 5.82 Å².